The van der Waals surface area contributed by atoms with Crippen LogP contribution in [0.25, 0.3) is 10.8 Å². The molecule has 1 aliphatic heterocycles. The molecule has 2 fully saturated rings. The summed E-state index contributed by atoms with van der Waals surface area (Å²) >= 11 is 0. The third-order valence-electron chi connectivity index (χ3n) is 6.67. The summed E-state index contributed by atoms with van der Waals surface area (Å²) in [5.74, 6) is -1.05. The van der Waals surface area contributed by atoms with E-state index in [0.29, 0.717) is 6.42 Å². The maximum absolute atomic E-state index is 13.4. The lowest BCUT2D eigenvalue weighted by atomic mass is 9.86. The highest BCUT2D eigenvalue weighted by atomic mass is 16.6. The lowest BCUT2D eigenvalue weighted by molar-refractivity contribution is -0.131. The summed E-state index contributed by atoms with van der Waals surface area (Å²) in [7, 11) is 0. The maximum atomic E-state index is 13.4. The summed E-state index contributed by atoms with van der Waals surface area (Å²) in [6.07, 6.45) is 2.64. The van der Waals surface area contributed by atoms with E-state index in [9.17, 15) is 14.4 Å². The summed E-state index contributed by atoms with van der Waals surface area (Å²) in [6.45, 7) is 5.47. The molecule has 1 heterocycles. The highest BCUT2D eigenvalue weighted by Crippen LogP contribution is 2.44. The molecular weight excluding hydrogens is 404 g/mol. The molecule has 0 radical (unpaired) electrons. The molecule has 1 saturated carbocycles. The van der Waals surface area contributed by atoms with E-state index in [1.54, 1.807) is 4.90 Å². The average molecular weight is 437 g/mol. The minimum Gasteiger partial charge on any atom is -0.444 e. The zero-order valence-corrected chi connectivity index (χ0v) is 19.0. The number of nitrogens with zero attached hydrogens (tertiary/aromatic N) is 1. The minimum atomic E-state index is -0.627. The molecule has 2 bridgehead atoms. The Balaban J connectivity index is 1.50. The number of likely N-dealkylation sites (tertiary alicyclic amines) is 1. The summed E-state index contributed by atoms with van der Waals surface area (Å²) in [4.78, 5) is 40.1. The molecule has 1 aliphatic carbocycles. The highest BCUT2D eigenvalue weighted by Gasteiger charge is 2.52. The van der Waals surface area contributed by atoms with Gasteiger partial charge in [0.25, 0.3) is 0 Å². The predicted octanol–water partition coefficient (Wildman–Crippen LogP) is 4.23. The normalized spacial score (nSPS) is 23.3. The first-order valence-corrected chi connectivity index (χ1v) is 11.4. The lowest BCUT2D eigenvalue weighted by Crippen LogP contribution is -2.51. The second-order valence-electron chi connectivity index (χ2n) is 10.2. The van der Waals surface area contributed by atoms with Crippen LogP contribution in [0.15, 0.2) is 42.5 Å². The molecule has 2 aromatic carbocycles. The Hall–Kier alpha value is -2.89. The third-order valence-corrected chi connectivity index (χ3v) is 6.67. The average Bonchev–Trinajstić information content (AvgIpc) is 3.33. The fraction of sp³-hybridized carbons (Fsp3) is 0.500. The largest absolute Gasteiger partial charge is 0.444 e. The maximum Gasteiger partial charge on any atom is 0.411 e. The van der Waals surface area contributed by atoms with Gasteiger partial charge in [-0.2, -0.15) is 0 Å². The number of fused-ring (bicyclic) bond motifs is 3. The lowest BCUT2D eigenvalue weighted by Gasteiger charge is -2.36. The monoisotopic (exact) mass is 436 g/mol. The number of carbonyl (C=O) groups is 3. The van der Waals surface area contributed by atoms with Crippen molar-refractivity contribution in [1.29, 1.82) is 0 Å². The predicted molar refractivity (Wildman–Crippen MR) is 123 cm³/mol. The summed E-state index contributed by atoms with van der Waals surface area (Å²) in [5, 5.41) is 2.21. The van der Waals surface area contributed by atoms with Crippen LogP contribution in [-0.2, 0) is 20.7 Å². The van der Waals surface area contributed by atoms with Gasteiger partial charge in [-0.1, -0.05) is 42.5 Å². The molecular formula is C26H32N2O4. The molecule has 4 rings (SSSR count). The van der Waals surface area contributed by atoms with E-state index in [2.05, 4.69) is 0 Å². The third kappa shape index (κ3) is 4.64. The number of nitrogens with two attached hydrogens (primary N) is 1. The summed E-state index contributed by atoms with van der Waals surface area (Å²) < 4.78 is 5.59. The first-order chi connectivity index (χ1) is 15.1. The molecule has 2 aromatic rings. The Labute approximate surface area is 189 Å². The van der Waals surface area contributed by atoms with Gasteiger partial charge in [0.2, 0.25) is 5.91 Å². The molecule has 0 unspecified atom stereocenters. The Morgan fingerprint density at radius 3 is 2.50 bits per heavy atom. The Morgan fingerprint density at radius 2 is 1.81 bits per heavy atom. The number of Topliss-reactive ketones (excluding diaryl/α,β-unsaturated/α-hetero) is 1. The van der Waals surface area contributed by atoms with E-state index in [1.807, 2.05) is 63.2 Å². The van der Waals surface area contributed by atoms with Gasteiger partial charge in [-0.05, 0) is 68.7 Å². The number of primary amides is 1. The number of ketones is 1. The van der Waals surface area contributed by atoms with Crippen LogP contribution in [0.5, 0.6) is 0 Å². The molecule has 6 nitrogen and oxygen atoms in total. The zero-order chi connectivity index (χ0) is 23.0. The van der Waals surface area contributed by atoms with Gasteiger partial charge in [0.15, 0.2) is 5.78 Å². The van der Waals surface area contributed by atoms with Crippen LogP contribution in [0.4, 0.5) is 4.79 Å². The SMILES string of the molecule is CC(C)(C)OC(=O)N1[C@@H]2CC[C@@H](C2)[C@H]1C(=O)C[C@@H](Cc1ccc2ccccc2c1)C(N)=O. The van der Waals surface area contributed by atoms with Gasteiger partial charge in [0, 0.05) is 18.4 Å². The van der Waals surface area contributed by atoms with Crippen molar-refractivity contribution < 1.29 is 19.1 Å². The van der Waals surface area contributed by atoms with Gasteiger partial charge >= 0.3 is 6.09 Å². The van der Waals surface area contributed by atoms with Gasteiger partial charge in [-0.25, -0.2) is 4.79 Å². The topological polar surface area (TPSA) is 89.7 Å². The van der Waals surface area contributed by atoms with Crippen molar-refractivity contribution in [2.75, 3.05) is 0 Å². The smallest absolute Gasteiger partial charge is 0.411 e. The number of hydrogen-bond donors (Lipinski definition) is 1. The van der Waals surface area contributed by atoms with E-state index in [-0.39, 0.29) is 24.2 Å². The standard InChI is InChI=1S/C26H32N2O4/c1-26(2,3)32-25(31)28-21-11-10-19(14-21)23(28)22(29)15-20(24(27)30)13-16-8-9-17-6-4-5-7-18(17)12-16/h4-9,12,19-21,23H,10-11,13-15H2,1-3H3,(H2,27,30)/t19-,20+,21+,23-/m0/s1. The fourth-order valence-corrected chi connectivity index (χ4v) is 5.27. The van der Waals surface area contributed by atoms with Gasteiger partial charge in [0.05, 0.1) is 6.04 Å². The first kappa shape index (κ1) is 22.3. The van der Waals surface area contributed by atoms with E-state index in [0.717, 1.165) is 35.6 Å². The number of rotatable bonds is 6. The van der Waals surface area contributed by atoms with Crippen molar-refractivity contribution in [3.05, 3.63) is 48.0 Å². The van der Waals surface area contributed by atoms with Crippen molar-refractivity contribution in [2.24, 2.45) is 17.6 Å². The van der Waals surface area contributed by atoms with Crippen molar-refractivity contribution in [2.45, 2.75) is 70.6 Å². The molecule has 1 saturated heterocycles. The van der Waals surface area contributed by atoms with Gasteiger partial charge in [0.1, 0.15) is 5.60 Å². The summed E-state index contributed by atoms with van der Waals surface area (Å²) in [5.41, 5.74) is 6.04. The minimum absolute atomic E-state index is 0.0370. The second kappa shape index (κ2) is 8.57. The van der Waals surface area contributed by atoms with Crippen LogP contribution in [-0.4, -0.2) is 40.4 Å². The molecule has 0 aromatic heterocycles. The van der Waals surface area contributed by atoms with Gasteiger partial charge in [-0.15, -0.1) is 0 Å². The van der Waals surface area contributed by atoms with E-state index >= 15 is 0 Å². The van der Waals surface area contributed by atoms with E-state index < -0.39 is 29.6 Å². The molecule has 32 heavy (non-hydrogen) atoms. The van der Waals surface area contributed by atoms with Crippen molar-refractivity contribution >= 4 is 28.6 Å². The van der Waals surface area contributed by atoms with Crippen LogP contribution in [0.3, 0.4) is 0 Å². The van der Waals surface area contributed by atoms with E-state index in [4.69, 9.17) is 10.5 Å². The summed E-state index contributed by atoms with van der Waals surface area (Å²) in [6, 6.07) is 13.6. The Kier molecular flexibility index (Phi) is 5.97. The molecule has 2 amide bonds. The first-order valence-electron chi connectivity index (χ1n) is 11.4. The second-order valence-corrected chi connectivity index (χ2v) is 10.2. The number of carbonyl (C=O) groups excluding carboxylic acids is 3. The van der Waals surface area contributed by atoms with Crippen molar-refractivity contribution in [3.8, 4) is 0 Å². The van der Waals surface area contributed by atoms with Crippen molar-refractivity contribution in [3.63, 3.8) is 0 Å². The molecule has 4 atom stereocenters. The molecule has 2 aliphatic rings. The Morgan fingerprint density at radius 1 is 1.09 bits per heavy atom. The van der Waals surface area contributed by atoms with Crippen LogP contribution in [0, 0.1) is 11.8 Å². The molecule has 0 spiro atoms. The molecule has 2 N–H and O–H groups in total. The number of ether oxygens (including phenoxy) is 1. The van der Waals surface area contributed by atoms with E-state index in [1.165, 1.54) is 0 Å². The number of amides is 2. The Bertz CT molecular complexity index is 1040. The molecule has 6 heteroatoms. The number of piperidine rings is 1. The number of benzene rings is 2. The molecule has 170 valence electrons. The fourth-order valence-electron chi connectivity index (χ4n) is 5.27. The highest BCUT2D eigenvalue weighted by molar-refractivity contribution is 5.92. The van der Waals surface area contributed by atoms with Crippen molar-refractivity contribution in [1.82, 2.24) is 4.90 Å². The zero-order valence-electron chi connectivity index (χ0n) is 19.0. The van der Waals surface area contributed by atoms with Gasteiger partial charge < -0.3 is 10.5 Å². The van der Waals surface area contributed by atoms with Crippen LogP contribution in [0.1, 0.15) is 52.0 Å². The van der Waals surface area contributed by atoms with Crippen LogP contribution >= 0.6 is 0 Å². The number of hydrogen-bond acceptors (Lipinski definition) is 4. The quantitative estimate of drug-likeness (QED) is 0.734. The van der Waals surface area contributed by atoms with Crippen LogP contribution < -0.4 is 5.73 Å². The van der Waals surface area contributed by atoms with Crippen LogP contribution in [0.2, 0.25) is 0 Å². The van der Waals surface area contributed by atoms with Gasteiger partial charge in [-0.3, -0.25) is 14.5 Å².